The maximum atomic E-state index is 13.8. The first kappa shape index (κ1) is 23.3. The lowest BCUT2D eigenvalue weighted by Gasteiger charge is -2.35. The van der Waals surface area contributed by atoms with Gasteiger partial charge in [0.15, 0.2) is 5.78 Å². The SMILES string of the molecule is COC(=O)Cn1c(=O)c2c(n(Cc3ccccc3)c1=O)NC1=C(C(=O)CCC1)[C@@H]2c1cccc(O)c1. The highest BCUT2D eigenvalue weighted by Crippen LogP contribution is 2.44. The van der Waals surface area contributed by atoms with Crippen LogP contribution in [0.4, 0.5) is 5.82 Å². The molecule has 36 heavy (non-hydrogen) atoms. The van der Waals surface area contributed by atoms with Crippen molar-refractivity contribution in [2.24, 2.45) is 0 Å². The molecule has 1 aromatic heterocycles. The van der Waals surface area contributed by atoms with E-state index < -0.39 is 29.7 Å². The van der Waals surface area contributed by atoms with Crippen LogP contribution in [0.15, 0.2) is 75.5 Å². The normalized spacial score (nSPS) is 16.7. The largest absolute Gasteiger partial charge is 0.508 e. The van der Waals surface area contributed by atoms with Crippen LogP contribution in [0, 0.1) is 0 Å². The summed E-state index contributed by atoms with van der Waals surface area (Å²) in [5.41, 5.74) is 1.31. The summed E-state index contributed by atoms with van der Waals surface area (Å²) in [6.07, 6.45) is 1.57. The molecule has 2 heterocycles. The molecular formula is C27H25N3O6. The first-order valence-electron chi connectivity index (χ1n) is 11.7. The zero-order chi connectivity index (χ0) is 25.4. The van der Waals surface area contributed by atoms with Gasteiger partial charge in [-0.05, 0) is 36.1 Å². The van der Waals surface area contributed by atoms with Gasteiger partial charge in [0, 0.05) is 23.6 Å². The fraction of sp³-hybridized carbons (Fsp3) is 0.259. The van der Waals surface area contributed by atoms with Crippen molar-refractivity contribution < 1.29 is 19.4 Å². The number of ketones is 1. The molecule has 1 aliphatic heterocycles. The number of aromatic nitrogens is 2. The van der Waals surface area contributed by atoms with E-state index in [1.165, 1.54) is 23.8 Å². The average molecular weight is 488 g/mol. The molecule has 2 aromatic carbocycles. The van der Waals surface area contributed by atoms with Gasteiger partial charge in [-0.1, -0.05) is 42.5 Å². The summed E-state index contributed by atoms with van der Waals surface area (Å²) in [4.78, 5) is 52.8. The summed E-state index contributed by atoms with van der Waals surface area (Å²) in [6.45, 7) is -0.428. The highest BCUT2D eigenvalue weighted by molar-refractivity contribution is 6.01. The van der Waals surface area contributed by atoms with Crippen LogP contribution in [0.1, 0.15) is 41.9 Å². The van der Waals surface area contributed by atoms with Gasteiger partial charge >= 0.3 is 11.7 Å². The zero-order valence-corrected chi connectivity index (χ0v) is 19.7. The molecule has 3 aromatic rings. The number of hydrogen-bond donors (Lipinski definition) is 2. The number of nitrogens with zero attached hydrogens (tertiary/aromatic N) is 2. The number of allylic oxidation sites excluding steroid dienone is 2. The van der Waals surface area contributed by atoms with Gasteiger partial charge in [-0.15, -0.1) is 0 Å². The average Bonchev–Trinajstić information content (AvgIpc) is 2.88. The second-order valence-electron chi connectivity index (χ2n) is 8.91. The molecule has 184 valence electrons. The summed E-state index contributed by atoms with van der Waals surface area (Å²) in [5.74, 6) is -1.37. The third-order valence-electron chi connectivity index (χ3n) is 6.67. The maximum absolute atomic E-state index is 13.8. The number of rotatable bonds is 5. The summed E-state index contributed by atoms with van der Waals surface area (Å²) in [6, 6.07) is 15.7. The van der Waals surface area contributed by atoms with Crippen LogP contribution in [0.25, 0.3) is 0 Å². The number of aromatic hydroxyl groups is 1. The van der Waals surface area contributed by atoms with E-state index in [2.05, 4.69) is 5.32 Å². The van der Waals surface area contributed by atoms with Crippen LogP contribution in [0.2, 0.25) is 0 Å². The second-order valence-corrected chi connectivity index (χ2v) is 8.91. The minimum absolute atomic E-state index is 0.00881. The van der Waals surface area contributed by atoms with Gasteiger partial charge in [-0.25, -0.2) is 9.36 Å². The van der Waals surface area contributed by atoms with E-state index in [1.807, 2.05) is 30.3 Å². The highest BCUT2D eigenvalue weighted by Gasteiger charge is 2.39. The lowest BCUT2D eigenvalue weighted by atomic mass is 9.76. The van der Waals surface area contributed by atoms with Gasteiger partial charge < -0.3 is 15.2 Å². The van der Waals surface area contributed by atoms with E-state index in [0.29, 0.717) is 36.1 Å². The monoisotopic (exact) mass is 487 g/mol. The molecule has 1 atom stereocenters. The van der Waals surface area contributed by atoms with E-state index in [1.54, 1.807) is 12.1 Å². The molecule has 9 nitrogen and oxygen atoms in total. The number of methoxy groups -OCH3 is 1. The van der Waals surface area contributed by atoms with Gasteiger partial charge in [-0.2, -0.15) is 0 Å². The Morgan fingerprint density at radius 1 is 1.06 bits per heavy atom. The number of carbonyl (C=O) groups is 2. The third-order valence-corrected chi connectivity index (χ3v) is 6.67. The minimum atomic E-state index is -0.810. The first-order chi connectivity index (χ1) is 17.4. The number of anilines is 1. The van der Waals surface area contributed by atoms with Crippen LogP contribution in [-0.2, 0) is 27.4 Å². The van der Waals surface area contributed by atoms with E-state index >= 15 is 0 Å². The second kappa shape index (κ2) is 9.33. The number of phenolic OH excluding ortho intramolecular Hbond substituents is 1. The standard InChI is InChI=1S/C27H25N3O6/c1-36-21(33)15-30-26(34)24-22(17-9-5-10-18(31)13-17)23-19(11-6-12-20(23)32)28-25(24)29(27(30)35)14-16-7-3-2-4-8-16/h2-5,7-10,13,22,28,31H,6,11-12,14-15H2,1H3/t22-/m0/s1. The molecule has 0 bridgehead atoms. The number of phenols is 1. The maximum Gasteiger partial charge on any atom is 0.333 e. The number of ether oxygens (including phenoxy) is 1. The molecule has 0 unspecified atom stereocenters. The number of hydrogen-bond acceptors (Lipinski definition) is 7. The molecular weight excluding hydrogens is 462 g/mol. The molecule has 0 radical (unpaired) electrons. The van der Waals surface area contributed by atoms with Gasteiger partial charge in [0.25, 0.3) is 5.56 Å². The Hall–Kier alpha value is -4.40. The van der Waals surface area contributed by atoms with Crippen molar-refractivity contribution in [3.05, 3.63) is 103 Å². The smallest absolute Gasteiger partial charge is 0.333 e. The molecule has 9 heteroatoms. The Morgan fingerprint density at radius 3 is 2.56 bits per heavy atom. The van der Waals surface area contributed by atoms with Crippen LogP contribution in [-0.4, -0.2) is 33.1 Å². The number of fused-ring (bicyclic) bond motifs is 1. The molecule has 2 aliphatic rings. The zero-order valence-electron chi connectivity index (χ0n) is 19.7. The lowest BCUT2D eigenvalue weighted by Crippen LogP contribution is -2.47. The molecule has 0 fully saturated rings. The number of nitrogens with one attached hydrogen (secondary N) is 1. The molecule has 2 N–H and O–H groups in total. The first-order valence-corrected chi connectivity index (χ1v) is 11.7. The van der Waals surface area contributed by atoms with E-state index in [4.69, 9.17) is 4.74 Å². The third kappa shape index (κ3) is 4.02. The number of carbonyl (C=O) groups excluding carboxylic acids is 2. The molecule has 0 saturated carbocycles. The number of Topliss-reactive ketones (excluding diaryl/α,β-unsaturated/α-hetero) is 1. The topological polar surface area (TPSA) is 120 Å². The molecule has 0 amide bonds. The Balaban J connectivity index is 1.83. The van der Waals surface area contributed by atoms with Crippen LogP contribution < -0.4 is 16.6 Å². The van der Waals surface area contributed by atoms with Crippen molar-refractivity contribution in [1.82, 2.24) is 9.13 Å². The predicted octanol–water partition coefficient (Wildman–Crippen LogP) is 2.50. The van der Waals surface area contributed by atoms with Crippen molar-refractivity contribution in [3.8, 4) is 5.75 Å². The summed E-state index contributed by atoms with van der Waals surface area (Å²) >= 11 is 0. The highest BCUT2D eigenvalue weighted by atomic mass is 16.5. The van der Waals surface area contributed by atoms with Crippen molar-refractivity contribution in [3.63, 3.8) is 0 Å². The molecule has 0 saturated heterocycles. The van der Waals surface area contributed by atoms with Crippen molar-refractivity contribution in [1.29, 1.82) is 0 Å². The molecule has 0 spiro atoms. The summed E-state index contributed by atoms with van der Waals surface area (Å²) in [7, 11) is 1.18. The predicted molar refractivity (Wildman–Crippen MR) is 132 cm³/mol. The van der Waals surface area contributed by atoms with E-state index in [9.17, 15) is 24.3 Å². The van der Waals surface area contributed by atoms with Crippen molar-refractivity contribution in [2.45, 2.75) is 38.3 Å². The number of benzene rings is 2. The Kier molecular flexibility index (Phi) is 6.05. The Bertz CT molecular complexity index is 1520. The molecule has 1 aliphatic carbocycles. The lowest BCUT2D eigenvalue weighted by molar-refractivity contribution is -0.141. The van der Waals surface area contributed by atoms with Crippen LogP contribution >= 0.6 is 0 Å². The van der Waals surface area contributed by atoms with Gasteiger partial charge in [0.1, 0.15) is 18.1 Å². The van der Waals surface area contributed by atoms with Gasteiger partial charge in [0.2, 0.25) is 0 Å². The molecule has 5 rings (SSSR count). The summed E-state index contributed by atoms with van der Waals surface area (Å²) < 4.78 is 7.01. The Labute approximate surface area is 206 Å². The number of esters is 1. The van der Waals surface area contributed by atoms with Crippen LogP contribution in [0.3, 0.4) is 0 Å². The Morgan fingerprint density at radius 2 is 1.83 bits per heavy atom. The quantitative estimate of drug-likeness (QED) is 0.531. The fourth-order valence-corrected chi connectivity index (χ4v) is 5.01. The minimum Gasteiger partial charge on any atom is -0.508 e. The van der Waals surface area contributed by atoms with Crippen molar-refractivity contribution >= 4 is 17.6 Å². The summed E-state index contributed by atoms with van der Waals surface area (Å²) in [5, 5.41) is 13.4. The van der Waals surface area contributed by atoms with Gasteiger partial charge in [0.05, 0.1) is 19.2 Å². The van der Waals surface area contributed by atoms with E-state index in [-0.39, 0.29) is 29.5 Å². The fourth-order valence-electron chi connectivity index (χ4n) is 5.01. The van der Waals surface area contributed by atoms with E-state index in [0.717, 1.165) is 10.1 Å². The van der Waals surface area contributed by atoms with Crippen LogP contribution in [0.5, 0.6) is 5.75 Å². The van der Waals surface area contributed by atoms with Crippen molar-refractivity contribution in [2.75, 3.05) is 12.4 Å². The van der Waals surface area contributed by atoms with Gasteiger partial charge in [-0.3, -0.25) is 19.0 Å².